The van der Waals surface area contributed by atoms with Gasteiger partial charge in [-0.2, -0.15) is 0 Å². The Bertz CT molecular complexity index is 1480. The van der Waals surface area contributed by atoms with E-state index in [4.69, 9.17) is 19.2 Å². The van der Waals surface area contributed by atoms with Crippen molar-refractivity contribution in [3.8, 4) is 28.4 Å². The fraction of sp³-hybridized carbons (Fsp3) is 0.310. The van der Waals surface area contributed by atoms with Crippen molar-refractivity contribution in [1.82, 2.24) is 25.3 Å². The molecule has 11 heteroatoms. The average molecular weight is 547 g/mol. The van der Waals surface area contributed by atoms with Crippen molar-refractivity contribution in [2.45, 2.75) is 33.1 Å². The number of aromatic nitrogens is 4. The van der Waals surface area contributed by atoms with Gasteiger partial charge >= 0.3 is 0 Å². The van der Waals surface area contributed by atoms with Gasteiger partial charge in [-0.15, -0.1) is 0 Å². The van der Waals surface area contributed by atoms with Crippen molar-refractivity contribution < 1.29 is 23.4 Å². The standard InChI is InChI=1S/C29H31FN6O4/c1-17(2)32-27(37)29(3)15-39-26(40-16-29)25-35-23(18-8-10-19(30)11-9-18)24(36-25)22-12-13-31-28(34-22)33-20-6-5-7-21(14-20)38-4/h5-14,17,26H,15-16H2,1-4H3,(H,32,37)(H,35,36)(H,31,33,34). The largest absolute Gasteiger partial charge is 0.497 e. The van der Waals surface area contributed by atoms with E-state index in [9.17, 15) is 9.18 Å². The molecule has 1 saturated heterocycles. The zero-order valence-electron chi connectivity index (χ0n) is 22.7. The minimum Gasteiger partial charge on any atom is -0.497 e. The quantitative estimate of drug-likeness (QED) is 0.282. The van der Waals surface area contributed by atoms with Gasteiger partial charge in [-0.3, -0.25) is 4.79 Å². The van der Waals surface area contributed by atoms with Crippen LogP contribution >= 0.6 is 0 Å². The number of imidazole rings is 1. The summed E-state index contributed by atoms with van der Waals surface area (Å²) in [6.07, 6.45) is 0.802. The SMILES string of the molecule is COc1cccc(Nc2nccc(-c3[nH]c(C4OCC(C)(C(=O)NC(C)C)CO4)nc3-c3ccc(F)cc3)n2)c1. The first-order valence-electron chi connectivity index (χ1n) is 12.9. The van der Waals surface area contributed by atoms with Gasteiger partial charge in [0.15, 0.2) is 5.82 Å². The highest BCUT2D eigenvalue weighted by atomic mass is 19.1. The van der Waals surface area contributed by atoms with Crippen LogP contribution in [0.25, 0.3) is 22.6 Å². The monoisotopic (exact) mass is 546 g/mol. The van der Waals surface area contributed by atoms with E-state index >= 15 is 0 Å². The zero-order valence-corrected chi connectivity index (χ0v) is 22.7. The van der Waals surface area contributed by atoms with Crippen LogP contribution in [0, 0.1) is 11.2 Å². The molecule has 40 heavy (non-hydrogen) atoms. The van der Waals surface area contributed by atoms with Gasteiger partial charge in [-0.05, 0) is 63.2 Å². The molecule has 0 spiro atoms. The summed E-state index contributed by atoms with van der Waals surface area (Å²) in [7, 11) is 1.60. The number of methoxy groups -OCH3 is 1. The van der Waals surface area contributed by atoms with Crippen molar-refractivity contribution in [1.29, 1.82) is 0 Å². The lowest BCUT2D eigenvalue weighted by Crippen LogP contribution is -2.50. The molecule has 1 aliphatic rings. The van der Waals surface area contributed by atoms with Gasteiger partial charge in [0.1, 0.15) is 11.6 Å². The maximum absolute atomic E-state index is 13.7. The van der Waals surface area contributed by atoms with Crippen molar-refractivity contribution in [3.63, 3.8) is 0 Å². The molecule has 2 aromatic carbocycles. The molecule has 10 nitrogen and oxygen atoms in total. The first-order chi connectivity index (χ1) is 19.2. The fourth-order valence-electron chi connectivity index (χ4n) is 4.23. The maximum Gasteiger partial charge on any atom is 0.230 e. The second kappa shape index (κ2) is 11.4. The molecule has 208 valence electrons. The van der Waals surface area contributed by atoms with Crippen molar-refractivity contribution in [3.05, 3.63) is 72.4 Å². The minimum atomic E-state index is -0.830. The number of carbonyl (C=O) groups excluding carboxylic acids is 1. The van der Waals surface area contributed by atoms with Gasteiger partial charge in [0.25, 0.3) is 0 Å². The molecule has 1 fully saturated rings. The Morgan fingerprint density at radius 1 is 1.12 bits per heavy atom. The van der Waals surface area contributed by atoms with Crippen molar-refractivity contribution in [2.24, 2.45) is 5.41 Å². The third kappa shape index (κ3) is 5.95. The number of amides is 1. The smallest absolute Gasteiger partial charge is 0.230 e. The third-order valence-electron chi connectivity index (χ3n) is 6.38. The minimum absolute atomic E-state index is 0.00381. The Balaban J connectivity index is 1.45. The van der Waals surface area contributed by atoms with E-state index in [2.05, 4.69) is 25.6 Å². The molecule has 3 N–H and O–H groups in total. The number of nitrogens with one attached hydrogen (secondary N) is 3. The number of hydrogen-bond acceptors (Lipinski definition) is 8. The molecule has 3 heterocycles. The molecule has 2 aromatic heterocycles. The third-order valence-corrected chi connectivity index (χ3v) is 6.38. The molecule has 0 radical (unpaired) electrons. The second-order valence-corrected chi connectivity index (χ2v) is 10.1. The van der Waals surface area contributed by atoms with E-state index in [0.717, 1.165) is 5.69 Å². The second-order valence-electron chi connectivity index (χ2n) is 10.1. The Morgan fingerprint density at radius 3 is 2.58 bits per heavy atom. The number of hydrogen-bond donors (Lipinski definition) is 3. The molecule has 0 aliphatic carbocycles. The van der Waals surface area contributed by atoms with E-state index in [1.807, 2.05) is 38.1 Å². The van der Waals surface area contributed by atoms with Gasteiger partial charge in [-0.25, -0.2) is 19.3 Å². The lowest BCUT2D eigenvalue weighted by atomic mass is 9.90. The topological polar surface area (TPSA) is 123 Å². The number of aromatic amines is 1. The maximum atomic E-state index is 13.7. The van der Waals surface area contributed by atoms with Gasteiger partial charge in [0.2, 0.25) is 18.1 Å². The molecule has 1 aliphatic heterocycles. The fourth-order valence-corrected chi connectivity index (χ4v) is 4.23. The lowest BCUT2D eigenvalue weighted by Gasteiger charge is -2.35. The van der Waals surface area contributed by atoms with Crippen LogP contribution in [0.2, 0.25) is 0 Å². The Hall–Kier alpha value is -4.35. The molecule has 1 amide bonds. The van der Waals surface area contributed by atoms with E-state index in [1.165, 1.54) is 12.1 Å². The number of carbonyl (C=O) groups is 1. The summed E-state index contributed by atoms with van der Waals surface area (Å²) < 4.78 is 31.0. The summed E-state index contributed by atoms with van der Waals surface area (Å²) in [5, 5.41) is 6.10. The summed E-state index contributed by atoms with van der Waals surface area (Å²) in [6, 6.07) is 15.2. The number of rotatable bonds is 8. The summed E-state index contributed by atoms with van der Waals surface area (Å²) in [4.78, 5) is 29.8. The number of H-pyrrole nitrogens is 1. The van der Waals surface area contributed by atoms with Crippen LogP contribution in [0.4, 0.5) is 16.0 Å². The Labute approximate surface area is 231 Å². The highest BCUT2D eigenvalue weighted by Gasteiger charge is 2.41. The predicted octanol–water partition coefficient (Wildman–Crippen LogP) is 5.00. The van der Waals surface area contributed by atoms with E-state index in [-0.39, 0.29) is 31.0 Å². The predicted molar refractivity (Wildman–Crippen MR) is 147 cm³/mol. The van der Waals surface area contributed by atoms with Crippen LogP contribution in [-0.4, -0.2) is 52.2 Å². The number of halogens is 1. The van der Waals surface area contributed by atoms with Gasteiger partial charge < -0.3 is 29.8 Å². The van der Waals surface area contributed by atoms with Crippen LogP contribution in [-0.2, 0) is 14.3 Å². The first kappa shape index (κ1) is 27.2. The highest BCUT2D eigenvalue weighted by molar-refractivity contribution is 5.83. The average Bonchev–Trinajstić information content (AvgIpc) is 3.39. The summed E-state index contributed by atoms with van der Waals surface area (Å²) >= 11 is 0. The molecule has 4 aromatic rings. The van der Waals surface area contributed by atoms with Crippen LogP contribution in [0.3, 0.4) is 0 Å². The summed E-state index contributed by atoms with van der Waals surface area (Å²) in [5.41, 5.74) is 2.28. The van der Waals surface area contributed by atoms with E-state index in [0.29, 0.717) is 40.2 Å². The molecule has 0 bridgehead atoms. The van der Waals surface area contributed by atoms with Crippen LogP contribution in [0.1, 0.15) is 32.9 Å². The van der Waals surface area contributed by atoms with Crippen molar-refractivity contribution in [2.75, 3.05) is 25.6 Å². The number of nitrogens with zero attached hydrogens (tertiary/aromatic N) is 3. The van der Waals surface area contributed by atoms with Crippen molar-refractivity contribution >= 4 is 17.5 Å². The number of benzene rings is 2. The normalized spacial score (nSPS) is 18.9. The van der Waals surface area contributed by atoms with Gasteiger partial charge in [-0.1, -0.05) is 6.07 Å². The molecule has 0 unspecified atom stereocenters. The lowest BCUT2D eigenvalue weighted by molar-refractivity contribution is -0.231. The van der Waals surface area contributed by atoms with E-state index in [1.54, 1.807) is 38.4 Å². The first-order valence-corrected chi connectivity index (χ1v) is 12.9. The number of ether oxygens (including phenoxy) is 3. The highest BCUT2D eigenvalue weighted by Crippen LogP contribution is 2.36. The summed E-state index contributed by atoms with van der Waals surface area (Å²) in [6.45, 7) is 5.91. The van der Waals surface area contributed by atoms with E-state index < -0.39 is 11.7 Å². The molecular formula is C29H31FN6O4. The van der Waals surface area contributed by atoms with Crippen LogP contribution in [0.15, 0.2) is 60.8 Å². The number of anilines is 2. The van der Waals surface area contributed by atoms with Gasteiger partial charge in [0, 0.05) is 29.6 Å². The van der Waals surface area contributed by atoms with Crippen LogP contribution < -0.4 is 15.4 Å². The van der Waals surface area contributed by atoms with Gasteiger partial charge in [0.05, 0.1) is 42.8 Å². The molecule has 5 rings (SSSR count). The molecular weight excluding hydrogens is 515 g/mol. The zero-order chi connectivity index (χ0) is 28.3. The Kier molecular flexibility index (Phi) is 7.76. The molecule has 0 atom stereocenters. The summed E-state index contributed by atoms with van der Waals surface area (Å²) in [5.74, 6) is 0.977. The van der Waals surface area contributed by atoms with Crippen LogP contribution in [0.5, 0.6) is 5.75 Å². The molecule has 0 saturated carbocycles. The Morgan fingerprint density at radius 2 is 1.88 bits per heavy atom.